The number of aryl methyl sites for hydroxylation is 2. The van der Waals surface area contributed by atoms with Crippen LogP contribution >= 0.6 is 0 Å². The van der Waals surface area contributed by atoms with Gasteiger partial charge >= 0.3 is 0 Å². The van der Waals surface area contributed by atoms with Crippen LogP contribution in [-0.2, 0) is 11.3 Å². The Kier molecular flexibility index (Phi) is 5.48. The second-order valence-electron chi connectivity index (χ2n) is 7.85. The van der Waals surface area contributed by atoms with E-state index in [1.54, 1.807) is 19.4 Å². The number of anilines is 1. The number of nitrogens with zero attached hydrogens (tertiary/aromatic N) is 3. The van der Waals surface area contributed by atoms with Gasteiger partial charge in [-0.2, -0.15) is 0 Å². The Labute approximate surface area is 176 Å². The van der Waals surface area contributed by atoms with Crippen LogP contribution < -0.4 is 15.1 Å². The lowest BCUT2D eigenvalue weighted by atomic mass is 10.1. The maximum atomic E-state index is 13.0. The highest BCUT2D eigenvalue weighted by molar-refractivity contribution is 5.85. The van der Waals surface area contributed by atoms with Crippen LogP contribution in [-0.4, -0.2) is 48.7 Å². The van der Waals surface area contributed by atoms with E-state index in [1.807, 2.05) is 59.7 Å². The summed E-state index contributed by atoms with van der Waals surface area (Å²) in [6, 6.07) is 13.6. The molecule has 0 atom stereocenters. The number of pyridine rings is 1. The number of benzene rings is 2. The number of ether oxygens (including phenoxy) is 1. The molecule has 30 heavy (non-hydrogen) atoms. The van der Waals surface area contributed by atoms with E-state index in [0.717, 1.165) is 41.2 Å². The molecule has 0 N–H and O–H groups in total. The molecule has 6 heteroatoms. The smallest absolute Gasteiger partial charge is 0.242 e. The molecule has 6 nitrogen and oxygen atoms in total. The molecule has 0 aliphatic carbocycles. The lowest BCUT2D eigenvalue weighted by Crippen LogP contribution is -2.49. The predicted octanol–water partition coefficient (Wildman–Crippen LogP) is 2.98. The van der Waals surface area contributed by atoms with Crippen molar-refractivity contribution in [3.8, 4) is 5.75 Å². The molecule has 2 heterocycles. The van der Waals surface area contributed by atoms with Crippen molar-refractivity contribution < 1.29 is 9.53 Å². The maximum Gasteiger partial charge on any atom is 0.242 e. The number of carbonyl (C=O) groups is 1. The largest absolute Gasteiger partial charge is 0.497 e. The second kappa shape index (κ2) is 8.22. The van der Waals surface area contributed by atoms with Crippen molar-refractivity contribution in [2.24, 2.45) is 0 Å². The predicted molar refractivity (Wildman–Crippen MR) is 119 cm³/mol. The molecular weight excluding hydrogens is 378 g/mol. The molecular formula is C24H27N3O3. The number of rotatable bonds is 4. The van der Waals surface area contributed by atoms with Crippen LogP contribution in [0.25, 0.3) is 10.9 Å². The number of carbonyl (C=O) groups excluding carboxylic acids is 1. The monoisotopic (exact) mass is 405 g/mol. The zero-order valence-electron chi connectivity index (χ0n) is 17.7. The summed E-state index contributed by atoms with van der Waals surface area (Å²) in [6.45, 7) is 7.14. The van der Waals surface area contributed by atoms with Gasteiger partial charge in [-0.25, -0.2) is 0 Å². The topological polar surface area (TPSA) is 54.8 Å². The fourth-order valence-electron chi connectivity index (χ4n) is 4.20. The minimum atomic E-state index is -0.000644. The van der Waals surface area contributed by atoms with Crippen molar-refractivity contribution in [2.75, 3.05) is 38.2 Å². The number of hydrogen-bond donors (Lipinski definition) is 0. The van der Waals surface area contributed by atoms with Gasteiger partial charge in [-0.05, 0) is 55.3 Å². The lowest BCUT2D eigenvalue weighted by Gasteiger charge is -2.36. The molecule has 0 saturated carbocycles. The first-order chi connectivity index (χ1) is 14.5. The van der Waals surface area contributed by atoms with Gasteiger partial charge in [-0.1, -0.05) is 6.07 Å². The number of fused-ring (bicyclic) bond motifs is 1. The highest BCUT2D eigenvalue weighted by Crippen LogP contribution is 2.21. The van der Waals surface area contributed by atoms with Crippen molar-refractivity contribution in [3.05, 3.63) is 70.0 Å². The number of hydrogen-bond acceptors (Lipinski definition) is 4. The Morgan fingerprint density at radius 2 is 1.70 bits per heavy atom. The van der Waals surface area contributed by atoms with Gasteiger partial charge in [0.05, 0.1) is 12.6 Å². The highest BCUT2D eigenvalue weighted by atomic mass is 16.5. The average Bonchev–Trinajstić information content (AvgIpc) is 2.75. The summed E-state index contributed by atoms with van der Waals surface area (Å²) in [5.41, 5.74) is 3.99. The van der Waals surface area contributed by atoms with Gasteiger partial charge in [0.15, 0.2) is 5.43 Å². The van der Waals surface area contributed by atoms with Crippen LogP contribution in [0.15, 0.2) is 53.5 Å². The Morgan fingerprint density at radius 1 is 1.00 bits per heavy atom. The number of piperazine rings is 1. The third-order valence-electron chi connectivity index (χ3n) is 5.80. The molecule has 0 radical (unpaired) electrons. The van der Waals surface area contributed by atoms with Gasteiger partial charge in [-0.15, -0.1) is 0 Å². The van der Waals surface area contributed by atoms with Gasteiger partial charge in [0.2, 0.25) is 5.91 Å². The first-order valence-electron chi connectivity index (χ1n) is 10.2. The minimum Gasteiger partial charge on any atom is -0.497 e. The second-order valence-corrected chi connectivity index (χ2v) is 7.85. The standard InChI is InChI=1S/C24H27N3O3/c1-17-14-18(2)24-21(15-17)27(9-8-22(24)28)16-23(29)26-12-10-25(11-13-26)19-4-6-20(30-3)7-5-19/h4-9,14-15H,10-13,16H2,1-3H3. The highest BCUT2D eigenvalue weighted by Gasteiger charge is 2.22. The molecule has 0 spiro atoms. The first kappa shape index (κ1) is 20.0. The fraction of sp³-hybridized carbons (Fsp3) is 0.333. The summed E-state index contributed by atoms with van der Waals surface area (Å²) in [5.74, 6) is 0.917. The summed E-state index contributed by atoms with van der Waals surface area (Å²) >= 11 is 0. The zero-order valence-corrected chi connectivity index (χ0v) is 17.7. The average molecular weight is 405 g/mol. The van der Waals surface area contributed by atoms with E-state index in [0.29, 0.717) is 18.5 Å². The Bertz CT molecular complexity index is 1130. The van der Waals surface area contributed by atoms with E-state index < -0.39 is 0 Å². The molecule has 1 saturated heterocycles. The van der Waals surface area contributed by atoms with E-state index in [2.05, 4.69) is 4.90 Å². The molecule has 1 amide bonds. The SMILES string of the molecule is COc1ccc(N2CCN(C(=O)Cn3ccc(=O)c4c(C)cc(C)cc43)CC2)cc1. The summed E-state index contributed by atoms with van der Waals surface area (Å²) in [5, 5.41) is 0.695. The molecule has 1 aliphatic rings. The normalized spacial score (nSPS) is 14.2. The molecule has 1 fully saturated rings. The molecule has 4 rings (SSSR count). The van der Waals surface area contributed by atoms with Crippen molar-refractivity contribution >= 4 is 22.5 Å². The minimum absolute atomic E-state index is 0.000644. The molecule has 2 aromatic carbocycles. The third-order valence-corrected chi connectivity index (χ3v) is 5.80. The first-order valence-corrected chi connectivity index (χ1v) is 10.2. The van der Waals surface area contributed by atoms with Gasteiger partial charge in [0.1, 0.15) is 12.3 Å². The van der Waals surface area contributed by atoms with Gasteiger partial charge in [-0.3, -0.25) is 9.59 Å². The molecule has 156 valence electrons. The molecule has 1 aromatic heterocycles. The van der Waals surface area contributed by atoms with Crippen LogP contribution in [0.5, 0.6) is 5.75 Å². The van der Waals surface area contributed by atoms with Crippen molar-refractivity contribution in [1.82, 2.24) is 9.47 Å². The van der Waals surface area contributed by atoms with Gasteiger partial charge < -0.3 is 19.1 Å². The van der Waals surface area contributed by atoms with Gasteiger partial charge in [0, 0.05) is 49.5 Å². The van der Waals surface area contributed by atoms with E-state index >= 15 is 0 Å². The van der Waals surface area contributed by atoms with Crippen LogP contribution in [0.3, 0.4) is 0 Å². The van der Waals surface area contributed by atoms with E-state index in [1.165, 1.54) is 0 Å². The Hall–Kier alpha value is -3.28. The summed E-state index contributed by atoms with van der Waals surface area (Å²) in [7, 11) is 1.66. The third kappa shape index (κ3) is 3.90. The van der Waals surface area contributed by atoms with Crippen LogP contribution in [0.4, 0.5) is 5.69 Å². The lowest BCUT2D eigenvalue weighted by molar-refractivity contribution is -0.132. The van der Waals surface area contributed by atoms with Crippen LogP contribution in [0.2, 0.25) is 0 Å². The summed E-state index contributed by atoms with van der Waals surface area (Å²) < 4.78 is 7.12. The quantitative estimate of drug-likeness (QED) is 0.670. The maximum absolute atomic E-state index is 13.0. The Balaban J connectivity index is 1.46. The number of amides is 1. The summed E-state index contributed by atoms with van der Waals surface area (Å²) in [6.07, 6.45) is 1.73. The summed E-state index contributed by atoms with van der Waals surface area (Å²) in [4.78, 5) is 29.5. The molecule has 0 unspecified atom stereocenters. The van der Waals surface area contributed by atoms with Crippen molar-refractivity contribution in [1.29, 1.82) is 0 Å². The van der Waals surface area contributed by atoms with Gasteiger partial charge in [0.25, 0.3) is 0 Å². The van der Waals surface area contributed by atoms with Crippen LogP contribution in [0.1, 0.15) is 11.1 Å². The number of aromatic nitrogens is 1. The molecule has 0 bridgehead atoms. The van der Waals surface area contributed by atoms with Crippen molar-refractivity contribution in [2.45, 2.75) is 20.4 Å². The van der Waals surface area contributed by atoms with E-state index in [9.17, 15) is 9.59 Å². The molecule has 1 aliphatic heterocycles. The van der Waals surface area contributed by atoms with E-state index in [-0.39, 0.29) is 17.9 Å². The number of methoxy groups -OCH3 is 1. The van der Waals surface area contributed by atoms with Crippen LogP contribution in [0, 0.1) is 13.8 Å². The van der Waals surface area contributed by atoms with E-state index in [4.69, 9.17) is 4.74 Å². The molecule has 3 aromatic rings. The fourth-order valence-corrected chi connectivity index (χ4v) is 4.20. The Morgan fingerprint density at radius 3 is 2.37 bits per heavy atom. The zero-order chi connectivity index (χ0) is 21.3. The van der Waals surface area contributed by atoms with Crippen molar-refractivity contribution in [3.63, 3.8) is 0 Å².